The average molecular weight is 493 g/mol. The number of rotatable bonds is 7. The highest BCUT2D eigenvalue weighted by atomic mass is 16.5. The number of nitrogens with zero attached hydrogens (tertiary/aromatic N) is 2. The summed E-state index contributed by atoms with van der Waals surface area (Å²) in [6.45, 7) is 10.1. The van der Waals surface area contributed by atoms with E-state index in [1.807, 2.05) is 25.1 Å². The lowest BCUT2D eigenvalue weighted by Crippen LogP contribution is -2.52. The van der Waals surface area contributed by atoms with Crippen LogP contribution in [0.25, 0.3) is 10.9 Å². The summed E-state index contributed by atoms with van der Waals surface area (Å²) < 4.78 is 13.1. The van der Waals surface area contributed by atoms with Crippen LogP contribution in [0.3, 0.4) is 0 Å². The van der Waals surface area contributed by atoms with E-state index in [0.717, 1.165) is 55.7 Å². The number of carbonyl (C=O) groups excluding carboxylic acids is 1. The molecule has 1 aromatic carbocycles. The predicted molar refractivity (Wildman–Crippen MR) is 140 cm³/mol. The van der Waals surface area contributed by atoms with E-state index in [1.54, 1.807) is 13.0 Å². The zero-order valence-corrected chi connectivity index (χ0v) is 21.6. The Morgan fingerprint density at radius 3 is 2.61 bits per heavy atom. The van der Waals surface area contributed by atoms with Crippen molar-refractivity contribution >= 4 is 16.8 Å². The van der Waals surface area contributed by atoms with Gasteiger partial charge in [-0.25, -0.2) is 0 Å². The van der Waals surface area contributed by atoms with Crippen LogP contribution in [0.5, 0.6) is 5.75 Å². The van der Waals surface area contributed by atoms with Crippen LogP contribution in [0.4, 0.5) is 0 Å². The fourth-order valence-corrected chi connectivity index (χ4v) is 5.91. The molecule has 8 nitrogen and oxygen atoms in total. The minimum Gasteiger partial charge on any atom is -0.496 e. The van der Waals surface area contributed by atoms with Gasteiger partial charge in [0.2, 0.25) is 0 Å². The molecule has 0 aliphatic carbocycles. The molecule has 1 amide bonds. The maximum Gasteiger partial charge on any atom is 0.256 e. The molecule has 3 aromatic rings. The van der Waals surface area contributed by atoms with Crippen molar-refractivity contribution in [1.82, 2.24) is 19.8 Å². The minimum atomic E-state index is -0.250. The third kappa shape index (κ3) is 4.44. The number of H-pyrrole nitrogens is 1. The molecular formula is C28H36N4O4. The molecule has 36 heavy (non-hydrogen) atoms. The van der Waals surface area contributed by atoms with E-state index in [1.165, 1.54) is 7.11 Å². The molecule has 0 saturated carbocycles. The first-order valence-corrected chi connectivity index (χ1v) is 12.8. The number of methoxy groups -OCH3 is 1. The summed E-state index contributed by atoms with van der Waals surface area (Å²) in [6, 6.07) is 10.7. The number of para-hydroxylation sites is 1. The largest absolute Gasteiger partial charge is 0.496 e. The number of nitrogens with one attached hydrogen (secondary N) is 2. The van der Waals surface area contributed by atoms with Gasteiger partial charge in [-0.2, -0.15) is 0 Å². The van der Waals surface area contributed by atoms with Crippen LogP contribution in [0, 0.1) is 19.8 Å². The molecule has 2 aromatic heterocycles. The first kappa shape index (κ1) is 24.6. The number of pyridine rings is 1. The first-order chi connectivity index (χ1) is 17.4. The standard InChI is InChI=1S/C28H36N4O4/c1-17-13-25(35-4)23(27(33)30-17)14-29-28(34)26-19(3)32(24-8-6-5-7-22(24)26)18(2)20-9-11-31(12-10-20)21-15-36-16-21/h5-8,13,18,20-21H,9-12,14-16H2,1-4H3,(H,29,34)(H,30,33). The highest BCUT2D eigenvalue weighted by Crippen LogP contribution is 2.36. The number of hydrogen-bond acceptors (Lipinski definition) is 5. The molecule has 0 bridgehead atoms. The number of aromatic amines is 1. The lowest BCUT2D eigenvalue weighted by molar-refractivity contribution is -0.0752. The zero-order chi connectivity index (χ0) is 25.4. The fraction of sp³-hybridized carbons (Fsp3) is 0.500. The number of fused-ring (bicyclic) bond motifs is 1. The second kappa shape index (κ2) is 10.1. The second-order valence-corrected chi connectivity index (χ2v) is 10.2. The summed E-state index contributed by atoms with van der Waals surface area (Å²) in [4.78, 5) is 31.4. The summed E-state index contributed by atoms with van der Waals surface area (Å²) in [5, 5.41) is 3.91. The van der Waals surface area contributed by atoms with Gasteiger partial charge in [-0.15, -0.1) is 0 Å². The van der Waals surface area contributed by atoms with E-state index in [0.29, 0.717) is 34.5 Å². The first-order valence-electron chi connectivity index (χ1n) is 12.8. The van der Waals surface area contributed by atoms with Gasteiger partial charge in [0.25, 0.3) is 11.5 Å². The fourth-order valence-electron chi connectivity index (χ4n) is 5.91. The maximum absolute atomic E-state index is 13.5. The molecule has 192 valence electrons. The van der Waals surface area contributed by atoms with Crippen molar-refractivity contribution in [3.05, 3.63) is 63.2 Å². The van der Waals surface area contributed by atoms with Gasteiger partial charge in [0.05, 0.1) is 44.0 Å². The van der Waals surface area contributed by atoms with Crippen LogP contribution in [0.2, 0.25) is 0 Å². The predicted octanol–water partition coefficient (Wildman–Crippen LogP) is 3.56. The van der Waals surface area contributed by atoms with Crippen LogP contribution < -0.4 is 15.6 Å². The molecule has 2 N–H and O–H groups in total. The Bertz CT molecular complexity index is 1320. The molecule has 2 fully saturated rings. The normalized spacial score (nSPS) is 18.2. The number of benzene rings is 1. The van der Waals surface area contributed by atoms with Crippen LogP contribution in [-0.2, 0) is 11.3 Å². The Balaban J connectivity index is 1.39. The Labute approximate surface area is 211 Å². The summed E-state index contributed by atoms with van der Waals surface area (Å²) in [6.07, 6.45) is 2.28. The Morgan fingerprint density at radius 2 is 1.94 bits per heavy atom. The van der Waals surface area contributed by atoms with Gasteiger partial charge in [-0.05, 0) is 64.8 Å². The van der Waals surface area contributed by atoms with Gasteiger partial charge in [0.1, 0.15) is 5.75 Å². The smallest absolute Gasteiger partial charge is 0.256 e. The number of hydrogen-bond donors (Lipinski definition) is 2. The lowest BCUT2D eigenvalue weighted by Gasteiger charge is -2.43. The molecule has 5 rings (SSSR count). The molecule has 1 unspecified atom stereocenters. The summed E-state index contributed by atoms with van der Waals surface area (Å²) in [5.41, 5.74) is 3.58. The van der Waals surface area contributed by atoms with Gasteiger partial charge in [-0.1, -0.05) is 18.2 Å². The molecule has 8 heteroatoms. The number of carbonyl (C=O) groups is 1. The van der Waals surface area contributed by atoms with Gasteiger partial charge in [0.15, 0.2) is 0 Å². The highest BCUT2D eigenvalue weighted by molar-refractivity contribution is 6.08. The van der Waals surface area contributed by atoms with Gasteiger partial charge in [0, 0.05) is 28.3 Å². The Hall–Kier alpha value is -3.10. The molecule has 1 atom stereocenters. The Kier molecular flexibility index (Phi) is 6.90. The monoisotopic (exact) mass is 492 g/mol. The zero-order valence-electron chi connectivity index (χ0n) is 21.6. The van der Waals surface area contributed by atoms with Crippen LogP contribution in [-0.4, -0.2) is 59.8 Å². The Morgan fingerprint density at radius 1 is 1.22 bits per heavy atom. The summed E-state index contributed by atoms with van der Waals surface area (Å²) in [7, 11) is 1.53. The van der Waals surface area contributed by atoms with Crippen molar-refractivity contribution in [2.45, 2.75) is 52.2 Å². The van der Waals surface area contributed by atoms with E-state index in [4.69, 9.17) is 9.47 Å². The van der Waals surface area contributed by atoms with E-state index < -0.39 is 0 Å². The number of ether oxygens (including phenoxy) is 2. The molecule has 0 spiro atoms. The van der Waals surface area contributed by atoms with E-state index in [2.05, 4.69) is 32.8 Å². The van der Waals surface area contributed by atoms with Gasteiger partial charge >= 0.3 is 0 Å². The summed E-state index contributed by atoms with van der Waals surface area (Å²) >= 11 is 0. The number of amides is 1. The third-order valence-corrected chi connectivity index (χ3v) is 8.06. The van der Waals surface area contributed by atoms with Crippen molar-refractivity contribution in [2.75, 3.05) is 33.4 Å². The van der Waals surface area contributed by atoms with Crippen molar-refractivity contribution < 1.29 is 14.3 Å². The molecule has 2 aliphatic rings. The topological polar surface area (TPSA) is 88.6 Å². The van der Waals surface area contributed by atoms with E-state index in [9.17, 15) is 9.59 Å². The molecule has 4 heterocycles. The van der Waals surface area contributed by atoms with Gasteiger partial charge < -0.3 is 24.3 Å². The van der Waals surface area contributed by atoms with Crippen molar-refractivity contribution in [3.63, 3.8) is 0 Å². The second-order valence-electron chi connectivity index (χ2n) is 10.2. The van der Waals surface area contributed by atoms with Crippen LogP contribution >= 0.6 is 0 Å². The quantitative estimate of drug-likeness (QED) is 0.527. The van der Waals surface area contributed by atoms with Crippen molar-refractivity contribution in [3.8, 4) is 5.75 Å². The molecule has 0 radical (unpaired) electrons. The van der Waals surface area contributed by atoms with Gasteiger partial charge in [-0.3, -0.25) is 14.5 Å². The maximum atomic E-state index is 13.5. The molecular weight excluding hydrogens is 456 g/mol. The minimum absolute atomic E-state index is 0.0927. The average Bonchev–Trinajstić information content (AvgIpc) is 3.13. The SMILES string of the molecule is COc1cc(C)[nH]c(=O)c1CNC(=O)c1c(C)n(C(C)C2CCN(C3COC3)CC2)c2ccccc12. The third-order valence-electron chi connectivity index (χ3n) is 8.06. The lowest BCUT2D eigenvalue weighted by atomic mass is 9.89. The van der Waals surface area contributed by atoms with Crippen LogP contribution in [0.1, 0.15) is 53.1 Å². The van der Waals surface area contributed by atoms with E-state index >= 15 is 0 Å². The number of aromatic nitrogens is 2. The summed E-state index contributed by atoms with van der Waals surface area (Å²) in [5.74, 6) is 0.837. The number of likely N-dealkylation sites (tertiary alicyclic amines) is 1. The number of aryl methyl sites for hydroxylation is 1. The van der Waals surface area contributed by atoms with Crippen LogP contribution in [0.15, 0.2) is 35.1 Å². The van der Waals surface area contributed by atoms with Crippen molar-refractivity contribution in [1.29, 1.82) is 0 Å². The van der Waals surface area contributed by atoms with Crippen molar-refractivity contribution in [2.24, 2.45) is 5.92 Å². The molecule has 2 saturated heterocycles. The number of piperidine rings is 1. The molecule has 2 aliphatic heterocycles. The highest BCUT2D eigenvalue weighted by Gasteiger charge is 2.33. The van der Waals surface area contributed by atoms with E-state index in [-0.39, 0.29) is 24.1 Å².